The average molecular weight is 248 g/mol. The number of hydrogen-bond donors (Lipinski definition) is 0. The molecule has 0 bridgehead atoms. The molecule has 0 saturated heterocycles. The van der Waals surface area contributed by atoms with Crippen LogP contribution in [-0.2, 0) is 9.53 Å². The van der Waals surface area contributed by atoms with Crippen LogP contribution < -0.4 is 0 Å². The van der Waals surface area contributed by atoms with Crippen LogP contribution in [0, 0.1) is 17.3 Å². The van der Waals surface area contributed by atoms with Gasteiger partial charge in [-0.2, -0.15) is 0 Å². The third kappa shape index (κ3) is 7.73. The second-order valence-electron chi connectivity index (χ2n) is 4.66. The van der Waals surface area contributed by atoms with Crippen molar-refractivity contribution in [2.24, 2.45) is 5.41 Å². The molecule has 0 amide bonds. The predicted molar refractivity (Wildman–Crippen MR) is 76.0 cm³/mol. The van der Waals surface area contributed by atoms with Crippen molar-refractivity contribution in [1.82, 2.24) is 0 Å². The van der Waals surface area contributed by atoms with E-state index in [0.29, 0.717) is 0 Å². The minimum atomic E-state index is -0.464. The molecule has 0 aromatic rings. The van der Waals surface area contributed by atoms with E-state index >= 15 is 0 Å². The minimum absolute atomic E-state index is 0.125. The number of carbonyl (C=O) groups excluding carboxylic acids is 1. The van der Waals surface area contributed by atoms with E-state index in [0.717, 1.165) is 38.5 Å². The molecule has 2 nitrogen and oxygen atoms in total. The second kappa shape index (κ2) is 9.53. The van der Waals surface area contributed by atoms with E-state index in [4.69, 9.17) is 0 Å². The van der Waals surface area contributed by atoms with Crippen molar-refractivity contribution in [3.63, 3.8) is 0 Å². The summed E-state index contributed by atoms with van der Waals surface area (Å²) in [4.78, 5) is 11.1. The number of allylic oxidation sites excluding steroid dienone is 2. The van der Waals surface area contributed by atoms with Gasteiger partial charge in [0.15, 0.2) is 0 Å². The number of unbranched alkanes of at least 4 members (excludes halogenated alkanes) is 2. The summed E-state index contributed by atoms with van der Waals surface area (Å²) < 4.78 is 4.55. The molecule has 0 unspecified atom stereocenters. The SMILES string of the molecule is C=CCCCC(C)(C#CC(=O)OC)CCCC=C. The lowest BCUT2D eigenvalue weighted by Gasteiger charge is -2.23. The van der Waals surface area contributed by atoms with Crippen LogP contribution in [-0.4, -0.2) is 13.1 Å². The molecule has 0 aliphatic heterocycles. The van der Waals surface area contributed by atoms with Crippen molar-refractivity contribution in [3.8, 4) is 11.8 Å². The van der Waals surface area contributed by atoms with Crippen LogP contribution in [0.15, 0.2) is 25.3 Å². The highest BCUT2D eigenvalue weighted by Crippen LogP contribution is 2.29. The second-order valence-corrected chi connectivity index (χ2v) is 4.66. The number of ether oxygens (including phenoxy) is 1. The molecule has 0 heterocycles. The largest absolute Gasteiger partial charge is 0.459 e. The average Bonchev–Trinajstić information content (AvgIpc) is 2.37. The van der Waals surface area contributed by atoms with E-state index < -0.39 is 5.97 Å². The molecule has 0 atom stereocenters. The lowest BCUT2D eigenvalue weighted by atomic mass is 9.80. The van der Waals surface area contributed by atoms with Gasteiger partial charge in [-0.1, -0.05) is 18.1 Å². The molecular formula is C16H24O2. The lowest BCUT2D eigenvalue weighted by Crippen LogP contribution is -2.14. The molecule has 18 heavy (non-hydrogen) atoms. The maximum absolute atomic E-state index is 11.1. The quantitative estimate of drug-likeness (QED) is 0.214. The Morgan fingerprint density at radius 2 is 1.72 bits per heavy atom. The van der Waals surface area contributed by atoms with Gasteiger partial charge in [0.25, 0.3) is 0 Å². The van der Waals surface area contributed by atoms with Crippen LogP contribution in [0.2, 0.25) is 0 Å². The number of hydrogen-bond acceptors (Lipinski definition) is 2. The Hall–Kier alpha value is -1.49. The minimum Gasteiger partial charge on any atom is -0.459 e. The van der Waals surface area contributed by atoms with Crippen LogP contribution >= 0.6 is 0 Å². The summed E-state index contributed by atoms with van der Waals surface area (Å²) in [5.41, 5.74) is -0.125. The molecule has 0 aliphatic carbocycles. The smallest absolute Gasteiger partial charge is 0.384 e. The van der Waals surface area contributed by atoms with E-state index in [-0.39, 0.29) is 5.41 Å². The van der Waals surface area contributed by atoms with Gasteiger partial charge >= 0.3 is 5.97 Å². The Balaban J connectivity index is 4.54. The Morgan fingerprint density at radius 3 is 2.11 bits per heavy atom. The summed E-state index contributed by atoms with van der Waals surface area (Å²) in [6.07, 6.45) is 9.83. The molecule has 0 radical (unpaired) electrons. The fourth-order valence-electron chi connectivity index (χ4n) is 1.78. The third-order valence-electron chi connectivity index (χ3n) is 2.93. The van der Waals surface area contributed by atoms with E-state index in [9.17, 15) is 4.79 Å². The normalized spacial score (nSPS) is 10.1. The number of carbonyl (C=O) groups is 1. The maximum Gasteiger partial charge on any atom is 0.384 e. The predicted octanol–water partition coefficient (Wildman–Crippen LogP) is 3.88. The standard InChI is InChI=1S/C16H24O2/c1-5-7-9-12-16(3,13-10-8-6-2)14-11-15(17)18-4/h5-6H,1-2,7-10,12-13H2,3-4H3. The van der Waals surface area contributed by atoms with Crippen molar-refractivity contribution < 1.29 is 9.53 Å². The molecule has 0 saturated carbocycles. The molecule has 0 aromatic carbocycles. The Kier molecular flexibility index (Phi) is 8.74. The van der Waals surface area contributed by atoms with Crippen LogP contribution in [0.4, 0.5) is 0 Å². The van der Waals surface area contributed by atoms with Crippen LogP contribution in [0.25, 0.3) is 0 Å². The highest BCUT2D eigenvalue weighted by molar-refractivity contribution is 5.88. The topological polar surface area (TPSA) is 26.3 Å². The maximum atomic E-state index is 11.1. The zero-order valence-electron chi connectivity index (χ0n) is 11.6. The first-order valence-electron chi connectivity index (χ1n) is 6.41. The van der Waals surface area contributed by atoms with E-state index in [1.54, 1.807) is 0 Å². The van der Waals surface area contributed by atoms with Gasteiger partial charge in [0.2, 0.25) is 0 Å². The van der Waals surface area contributed by atoms with Gasteiger partial charge in [-0.05, 0) is 45.4 Å². The summed E-state index contributed by atoms with van der Waals surface area (Å²) >= 11 is 0. The van der Waals surface area contributed by atoms with Crippen molar-refractivity contribution >= 4 is 5.97 Å². The van der Waals surface area contributed by atoms with Gasteiger partial charge in [-0.25, -0.2) is 4.79 Å². The van der Waals surface area contributed by atoms with Crippen molar-refractivity contribution in [3.05, 3.63) is 25.3 Å². The zero-order chi connectivity index (χ0) is 13.9. The van der Waals surface area contributed by atoms with Gasteiger partial charge in [0.1, 0.15) is 0 Å². The van der Waals surface area contributed by atoms with Gasteiger partial charge in [-0.3, -0.25) is 0 Å². The summed E-state index contributed by atoms with van der Waals surface area (Å²) in [7, 11) is 1.35. The fourth-order valence-corrected chi connectivity index (χ4v) is 1.78. The molecule has 2 heteroatoms. The molecule has 0 aliphatic rings. The first kappa shape index (κ1) is 16.5. The van der Waals surface area contributed by atoms with Gasteiger partial charge in [0, 0.05) is 11.3 Å². The molecule has 0 rings (SSSR count). The molecule has 100 valence electrons. The number of esters is 1. The highest BCUT2D eigenvalue weighted by Gasteiger charge is 2.20. The highest BCUT2D eigenvalue weighted by atomic mass is 16.5. The Bertz CT molecular complexity index is 317. The summed E-state index contributed by atoms with van der Waals surface area (Å²) in [6.45, 7) is 9.55. The molecule has 0 aromatic heterocycles. The third-order valence-corrected chi connectivity index (χ3v) is 2.93. The summed E-state index contributed by atoms with van der Waals surface area (Å²) in [5, 5.41) is 0. The Morgan fingerprint density at radius 1 is 1.22 bits per heavy atom. The van der Waals surface area contributed by atoms with E-state index in [1.165, 1.54) is 7.11 Å². The Labute approximate surface area is 111 Å². The number of methoxy groups -OCH3 is 1. The molecule has 0 N–H and O–H groups in total. The van der Waals surface area contributed by atoms with Gasteiger partial charge in [0.05, 0.1) is 7.11 Å². The monoisotopic (exact) mass is 248 g/mol. The molecule has 0 fully saturated rings. The van der Waals surface area contributed by atoms with Crippen LogP contribution in [0.1, 0.15) is 45.4 Å². The van der Waals surface area contributed by atoms with E-state index in [2.05, 4.69) is 36.7 Å². The molecular weight excluding hydrogens is 224 g/mol. The van der Waals surface area contributed by atoms with Gasteiger partial charge < -0.3 is 4.74 Å². The van der Waals surface area contributed by atoms with Crippen molar-refractivity contribution in [2.45, 2.75) is 45.4 Å². The van der Waals surface area contributed by atoms with Crippen molar-refractivity contribution in [2.75, 3.05) is 7.11 Å². The van der Waals surface area contributed by atoms with Gasteiger partial charge in [-0.15, -0.1) is 13.2 Å². The number of rotatable bonds is 8. The zero-order valence-corrected chi connectivity index (χ0v) is 11.6. The fraction of sp³-hybridized carbons (Fsp3) is 0.562. The first-order valence-corrected chi connectivity index (χ1v) is 6.41. The summed E-state index contributed by atoms with van der Waals surface area (Å²) in [5.74, 6) is 5.17. The van der Waals surface area contributed by atoms with Crippen LogP contribution in [0.3, 0.4) is 0 Å². The lowest BCUT2D eigenvalue weighted by molar-refractivity contribution is -0.133. The summed E-state index contributed by atoms with van der Waals surface area (Å²) in [6, 6.07) is 0. The molecule has 0 spiro atoms. The van der Waals surface area contributed by atoms with E-state index in [1.807, 2.05) is 12.2 Å². The van der Waals surface area contributed by atoms with Crippen molar-refractivity contribution in [1.29, 1.82) is 0 Å². The first-order chi connectivity index (χ1) is 8.58. The van der Waals surface area contributed by atoms with Crippen LogP contribution in [0.5, 0.6) is 0 Å².